The van der Waals surface area contributed by atoms with Gasteiger partial charge in [-0.1, -0.05) is 18.9 Å². The molecule has 9 heteroatoms. The van der Waals surface area contributed by atoms with Gasteiger partial charge < -0.3 is 24.8 Å². The molecule has 0 unspecified atom stereocenters. The van der Waals surface area contributed by atoms with Crippen molar-refractivity contribution in [2.45, 2.75) is 62.7 Å². The molecule has 1 saturated heterocycles. The van der Waals surface area contributed by atoms with Gasteiger partial charge in [-0.25, -0.2) is 9.97 Å². The zero-order chi connectivity index (χ0) is 23.9. The van der Waals surface area contributed by atoms with Gasteiger partial charge in [-0.15, -0.1) is 0 Å². The molecule has 0 radical (unpaired) electrons. The van der Waals surface area contributed by atoms with E-state index >= 15 is 0 Å². The Morgan fingerprint density at radius 2 is 1.91 bits per heavy atom. The maximum absolute atomic E-state index is 12.9. The molecule has 0 atom stereocenters. The molecule has 0 bridgehead atoms. The van der Waals surface area contributed by atoms with Crippen LogP contribution < -0.4 is 10.6 Å². The molecular weight excluding hydrogens is 442 g/mol. The quantitative estimate of drug-likeness (QED) is 0.539. The number of hydrogen-bond acceptors (Lipinski definition) is 7. The number of carbonyl (C=O) groups is 1. The number of rotatable bonds is 7. The van der Waals surface area contributed by atoms with Crippen LogP contribution in [0.1, 0.15) is 66.5 Å². The minimum Gasteiger partial charge on any atom is -0.372 e. The number of nitrogens with one attached hydrogen (secondary N) is 2. The first-order valence-electron chi connectivity index (χ1n) is 12.7. The van der Waals surface area contributed by atoms with Crippen molar-refractivity contribution < 1.29 is 9.53 Å². The number of hydrogen-bond donors (Lipinski definition) is 2. The van der Waals surface area contributed by atoms with Crippen LogP contribution in [0.25, 0.3) is 11.0 Å². The van der Waals surface area contributed by atoms with E-state index in [0.717, 1.165) is 49.8 Å². The van der Waals surface area contributed by atoms with Gasteiger partial charge in [-0.2, -0.15) is 4.98 Å². The monoisotopic (exact) mass is 475 g/mol. The minimum atomic E-state index is -0.00495. The molecule has 3 fully saturated rings. The Labute approximate surface area is 205 Å². The number of pyridine rings is 1. The standard InChI is InChI=1S/C26H33N7O2/c1-32(2)25(34)22-11-18-13-29-26(31-24(18)33(22)19-5-3-4-6-19)30-23-8-7-16(12-28-23)17-9-20(10-17)35-21-14-27-15-21/h7-8,11-13,17,19-21,27H,3-6,9-10,14-15H2,1-2H3,(H,28,29,30,31). The van der Waals surface area contributed by atoms with Gasteiger partial charge in [0.15, 0.2) is 0 Å². The Hall–Kier alpha value is -3.04. The van der Waals surface area contributed by atoms with Gasteiger partial charge in [-0.3, -0.25) is 4.79 Å². The van der Waals surface area contributed by atoms with E-state index in [9.17, 15) is 4.79 Å². The molecule has 3 aromatic heterocycles. The van der Waals surface area contributed by atoms with Gasteiger partial charge in [0.25, 0.3) is 5.91 Å². The van der Waals surface area contributed by atoms with Crippen molar-refractivity contribution in [3.05, 3.63) is 41.9 Å². The summed E-state index contributed by atoms with van der Waals surface area (Å²) in [4.78, 5) is 28.5. The highest BCUT2D eigenvalue weighted by Crippen LogP contribution is 2.39. The Morgan fingerprint density at radius 3 is 2.57 bits per heavy atom. The van der Waals surface area contributed by atoms with Crippen molar-refractivity contribution in [1.29, 1.82) is 0 Å². The zero-order valence-corrected chi connectivity index (χ0v) is 20.4. The fourth-order valence-corrected chi connectivity index (χ4v) is 5.41. The molecule has 2 saturated carbocycles. The molecule has 1 amide bonds. The van der Waals surface area contributed by atoms with Crippen molar-refractivity contribution in [1.82, 2.24) is 29.7 Å². The summed E-state index contributed by atoms with van der Waals surface area (Å²) in [6, 6.07) is 6.34. The van der Waals surface area contributed by atoms with Crippen LogP contribution in [0.15, 0.2) is 30.6 Å². The molecule has 1 aliphatic heterocycles. The molecule has 2 N–H and O–H groups in total. The second-order valence-electron chi connectivity index (χ2n) is 10.3. The SMILES string of the molecule is CN(C)C(=O)c1cc2cnc(Nc3ccc(C4CC(OC5CNC5)C4)cn3)nc2n1C1CCCC1. The molecule has 35 heavy (non-hydrogen) atoms. The molecule has 0 aromatic carbocycles. The number of nitrogens with zero attached hydrogens (tertiary/aromatic N) is 5. The number of amides is 1. The van der Waals surface area contributed by atoms with Crippen LogP contribution in [0.2, 0.25) is 0 Å². The normalized spacial score (nSPS) is 22.7. The zero-order valence-electron chi connectivity index (χ0n) is 20.4. The molecule has 2 aliphatic carbocycles. The third-order valence-electron chi connectivity index (χ3n) is 7.61. The van der Waals surface area contributed by atoms with Crippen molar-refractivity contribution in [2.75, 3.05) is 32.5 Å². The average molecular weight is 476 g/mol. The highest BCUT2D eigenvalue weighted by atomic mass is 16.5. The second-order valence-corrected chi connectivity index (χ2v) is 10.3. The lowest BCUT2D eigenvalue weighted by molar-refractivity contribution is -0.0788. The third-order valence-corrected chi connectivity index (χ3v) is 7.61. The predicted octanol–water partition coefficient (Wildman–Crippen LogP) is 3.62. The Bertz CT molecular complexity index is 1210. The lowest BCUT2D eigenvalue weighted by atomic mass is 9.78. The molecule has 0 spiro atoms. The average Bonchev–Trinajstić information content (AvgIpc) is 3.44. The number of fused-ring (bicyclic) bond motifs is 1. The second kappa shape index (κ2) is 9.20. The molecule has 3 aliphatic rings. The van der Waals surface area contributed by atoms with Crippen LogP contribution in [-0.2, 0) is 4.74 Å². The van der Waals surface area contributed by atoms with Crippen molar-refractivity contribution in [3.8, 4) is 0 Å². The highest BCUT2D eigenvalue weighted by Gasteiger charge is 2.34. The summed E-state index contributed by atoms with van der Waals surface area (Å²) in [5.41, 5.74) is 2.74. The van der Waals surface area contributed by atoms with Crippen LogP contribution in [0.3, 0.4) is 0 Å². The summed E-state index contributed by atoms with van der Waals surface area (Å²) in [5.74, 6) is 1.72. The first-order chi connectivity index (χ1) is 17.0. The third kappa shape index (κ3) is 4.38. The number of carbonyl (C=O) groups excluding carboxylic acids is 1. The molecule has 3 aromatic rings. The van der Waals surface area contributed by atoms with Gasteiger partial charge in [0.05, 0.1) is 12.2 Å². The van der Waals surface area contributed by atoms with E-state index in [1.807, 2.05) is 18.3 Å². The number of aromatic nitrogens is 4. The van der Waals surface area contributed by atoms with E-state index in [-0.39, 0.29) is 5.91 Å². The lowest BCUT2D eigenvalue weighted by Gasteiger charge is -2.40. The van der Waals surface area contributed by atoms with Crippen LogP contribution >= 0.6 is 0 Å². The molecule has 9 nitrogen and oxygen atoms in total. The Morgan fingerprint density at radius 1 is 1.11 bits per heavy atom. The van der Waals surface area contributed by atoms with E-state index < -0.39 is 0 Å². The minimum absolute atomic E-state index is 0.00495. The van der Waals surface area contributed by atoms with Crippen molar-refractivity contribution >= 4 is 28.7 Å². The lowest BCUT2D eigenvalue weighted by Crippen LogP contribution is -2.51. The summed E-state index contributed by atoms with van der Waals surface area (Å²) in [7, 11) is 3.57. The van der Waals surface area contributed by atoms with Crippen LogP contribution in [0.5, 0.6) is 0 Å². The van der Waals surface area contributed by atoms with Crippen molar-refractivity contribution in [2.24, 2.45) is 0 Å². The van der Waals surface area contributed by atoms with E-state index in [2.05, 4.69) is 31.2 Å². The predicted molar refractivity (Wildman–Crippen MR) is 134 cm³/mol. The summed E-state index contributed by atoms with van der Waals surface area (Å²) >= 11 is 0. The fraction of sp³-hybridized carbons (Fsp3) is 0.538. The smallest absolute Gasteiger partial charge is 0.270 e. The topological polar surface area (TPSA) is 97.2 Å². The van der Waals surface area contributed by atoms with E-state index in [1.165, 1.54) is 18.4 Å². The van der Waals surface area contributed by atoms with Crippen LogP contribution in [-0.4, -0.2) is 69.7 Å². The van der Waals surface area contributed by atoms with E-state index in [1.54, 1.807) is 25.2 Å². The molecule has 184 valence electrons. The fourth-order valence-electron chi connectivity index (χ4n) is 5.41. The first-order valence-corrected chi connectivity index (χ1v) is 12.7. The summed E-state index contributed by atoms with van der Waals surface area (Å²) in [5, 5.41) is 7.39. The van der Waals surface area contributed by atoms with Gasteiger partial charge in [0.1, 0.15) is 17.2 Å². The Balaban J connectivity index is 1.18. The number of anilines is 2. The van der Waals surface area contributed by atoms with Gasteiger partial charge >= 0.3 is 0 Å². The number of ether oxygens (including phenoxy) is 1. The summed E-state index contributed by atoms with van der Waals surface area (Å²) < 4.78 is 8.18. The molecule has 6 rings (SSSR count). The molecular formula is C26H33N7O2. The highest BCUT2D eigenvalue weighted by molar-refractivity contribution is 5.97. The maximum Gasteiger partial charge on any atom is 0.270 e. The molecule has 4 heterocycles. The van der Waals surface area contributed by atoms with E-state index in [0.29, 0.717) is 41.6 Å². The van der Waals surface area contributed by atoms with Crippen LogP contribution in [0, 0.1) is 0 Å². The maximum atomic E-state index is 12.9. The summed E-state index contributed by atoms with van der Waals surface area (Å²) in [6.45, 7) is 1.96. The first kappa shape index (κ1) is 22.4. The van der Waals surface area contributed by atoms with Crippen LogP contribution in [0.4, 0.5) is 11.8 Å². The summed E-state index contributed by atoms with van der Waals surface area (Å²) in [6.07, 6.45) is 11.1. The van der Waals surface area contributed by atoms with Crippen molar-refractivity contribution in [3.63, 3.8) is 0 Å². The largest absolute Gasteiger partial charge is 0.372 e. The van der Waals surface area contributed by atoms with Gasteiger partial charge in [-0.05, 0) is 49.3 Å². The van der Waals surface area contributed by atoms with Gasteiger partial charge in [0, 0.05) is 51.0 Å². The Kier molecular flexibility index (Phi) is 5.89. The van der Waals surface area contributed by atoms with Gasteiger partial charge in [0.2, 0.25) is 5.95 Å². The van der Waals surface area contributed by atoms with E-state index in [4.69, 9.17) is 9.72 Å².